The van der Waals surface area contributed by atoms with Crippen LogP contribution < -0.4 is 16.4 Å². The van der Waals surface area contributed by atoms with Gasteiger partial charge in [0.05, 0.1) is 5.52 Å². The summed E-state index contributed by atoms with van der Waals surface area (Å²) >= 11 is 3.24. The second-order valence-electron chi connectivity index (χ2n) is 8.07. The number of carbonyl (C=O) groups excluding carboxylic acids is 3. The van der Waals surface area contributed by atoms with Gasteiger partial charge in [0.1, 0.15) is 23.5 Å². The monoisotopic (exact) mass is 543 g/mol. The summed E-state index contributed by atoms with van der Waals surface area (Å²) < 4.78 is 1.92. The van der Waals surface area contributed by atoms with Crippen molar-refractivity contribution in [3.8, 4) is 0 Å². The van der Waals surface area contributed by atoms with Gasteiger partial charge in [-0.15, -0.1) is 0 Å². The van der Waals surface area contributed by atoms with E-state index in [1.807, 2.05) is 0 Å². The quantitative estimate of drug-likeness (QED) is 0.312. The summed E-state index contributed by atoms with van der Waals surface area (Å²) in [6, 6.07) is 11.3. The number of halogens is 1. The molecule has 5 N–H and O–H groups in total. The number of carbonyl (C=O) groups is 4. The highest BCUT2D eigenvalue weighted by atomic mass is 79.9. The molecule has 1 fully saturated rings. The molecule has 0 spiro atoms. The van der Waals surface area contributed by atoms with Gasteiger partial charge in [0, 0.05) is 17.5 Å². The molecule has 4 rings (SSSR count). The first-order valence-electron chi connectivity index (χ1n) is 10.7. The number of nitrogens with zero attached hydrogens (tertiary/aromatic N) is 4. The van der Waals surface area contributed by atoms with Gasteiger partial charge in [0.2, 0.25) is 11.8 Å². The summed E-state index contributed by atoms with van der Waals surface area (Å²) in [6.07, 6.45) is -0.411. The number of amides is 4. The molecule has 0 bridgehead atoms. The second kappa shape index (κ2) is 10.1. The minimum atomic E-state index is -1.15. The SMILES string of the molecule is NC(=O)c1nn(CC(=O)N(CC(=O)Nc2cccc(Br)n2)C2CC(NC(=O)O)C2)c2ccccc12. The molecule has 0 unspecified atom stereocenters. The topological polar surface area (TPSA) is 173 Å². The summed E-state index contributed by atoms with van der Waals surface area (Å²) in [5.41, 5.74) is 6.04. The lowest BCUT2D eigenvalue weighted by Crippen LogP contribution is -2.57. The average Bonchev–Trinajstić information content (AvgIpc) is 3.13. The zero-order valence-corrected chi connectivity index (χ0v) is 19.9. The van der Waals surface area contributed by atoms with Crippen molar-refractivity contribution in [2.75, 3.05) is 11.9 Å². The van der Waals surface area contributed by atoms with E-state index in [-0.39, 0.29) is 30.9 Å². The molecule has 4 amide bonds. The van der Waals surface area contributed by atoms with Gasteiger partial charge < -0.3 is 26.4 Å². The second-order valence-corrected chi connectivity index (χ2v) is 8.89. The maximum atomic E-state index is 13.3. The van der Waals surface area contributed by atoms with Gasteiger partial charge in [-0.1, -0.05) is 24.3 Å². The molecule has 0 aliphatic heterocycles. The van der Waals surface area contributed by atoms with Gasteiger partial charge in [0.15, 0.2) is 5.69 Å². The number of hydrogen-bond donors (Lipinski definition) is 4. The Labute approximate surface area is 207 Å². The maximum absolute atomic E-state index is 13.3. The largest absolute Gasteiger partial charge is 0.465 e. The van der Waals surface area contributed by atoms with Crippen molar-refractivity contribution in [3.63, 3.8) is 0 Å². The smallest absolute Gasteiger partial charge is 0.404 e. The van der Waals surface area contributed by atoms with Crippen LogP contribution in [0.15, 0.2) is 47.1 Å². The van der Waals surface area contributed by atoms with E-state index in [2.05, 4.69) is 36.6 Å². The van der Waals surface area contributed by atoms with Crippen LogP contribution in [-0.2, 0) is 16.1 Å². The molecule has 1 aromatic carbocycles. The van der Waals surface area contributed by atoms with Gasteiger partial charge in [-0.25, -0.2) is 9.78 Å². The lowest BCUT2D eigenvalue weighted by atomic mass is 9.85. The molecule has 1 aliphatic rings. The number of aromatic nitrogens is 3. The first-order valence-corrected chi connectivity index (χ1v) is 11.5. The number of rotatable bonds is 8. The van der Waals surface area contributed by atoms with Crippen molar-refractivity contribution in [1.82, 2.24) is 25.0 Å². The number of carboxylic acid groups (broad SMARTS) is 1. The zero-order chi connectivity index (χ0) is 25.1. The number of benzene rings is 1. The van der Waals surface area contributed by atoms with Gasteiger partial charge in [0.25, 0.3) is 5.91 Å². The molecular weight excluding hydrogens is 522 g/mol. The van der Waals surface area contributed by atoms with Crippen molar-refractivity contribution in [3.05, 3.63) is 52.8 Å². The minimum absolute atomic E-state index is 0.0489. The number of nitrogens with two attached hydrogens (primary N) is 1. The van der Waals surface area contributed by atoms with Crippen molar-refractivity contribution in [1.29, 1.82) is 0 Å². The Morgan fingerprint density at radius 3 is 2.57 bits per heavy atom. The third kappa shape index (κ3) is 5.57. The summed E-state index contributed by atoms with van der Waals surface area (Å²) in [5, 5.41) is 18.7. The Bertz CT molecular complexity index is 1300. The Morgan fingerprint density at radius 1 is 1.14 bits per heavy atom. The molecule has 0 radical (unpaired) electrons. The number of primary amides is 1. The molecule has 182 valence electrons. The third-order valence-electron chi connectivity index (χ3n) is 5.67. The van der Waals surface area contributed by atoms with Crippen LogP contribution in [0.25, 0.3) is 10.9 Å². The number of pyridine rings is 1. The highest BCUT2D eigenvalue weighted by molar-refractivity contribution is 9.10. The standard InChI is InChI=1S/C22H22BrN7O5/c23-16-6-3-7-17(26-16)27-18(31)10-29(13-8-12(9-13)25-22(34)35)19(32)11-30-15-5-2-1-4-14(15)20(28-30)21(24)33/h1-7,12-13,25H,8-11H2,(H2,24,33)(H,34,35)(H,26,27,31). The van der Waals surface area contributed by atoms with Crippen LogP contribution in [0.4, 0.5) is 10.6 Å². The number of fused-ring (bicyclic) bond motifs is 1. The molecule has 13 heteroatoms. The highest BCUT2D eigenvalue weighted by Crippen LogP contribution is 2.27. The minimum Gasteiger partial charge on any atom is -0.465 e. The number of para-hydroxylation sites is 1. The van der Waals surface area contributed by atoms with Crippen molar-refractivity contribution in [2.24, 2.45) is 5.73 Å². The van der Waals surface area contributed by atoms with E-state index < -0.39 is 23.8 Å². The summed E-state index contributed by atoms with van der Waals surface area (Å²) in [5.74, 6) is -1.26. The van der Waals surface area contributed by atoms with Crippen LogP contribution in [0.1, 0.15) is 23.3 Å². The van der Waals surface area contributed by atoms with E-state index >= 15 is 0 Å². The van der Waals surface area contributed by atoms with E-state index in [0.717, 1.165) is 0 Å². The van der Waals surface area contributed by atoms with Gasteiger partial charge in [-0.05, 0) is 47.0 Å². The lowest BCUT2D eigenvalue weighted by Gasteiger charge is -2.42. The fourth-order valence-corrected chi connectivity index (χ4v) is 4.36. The lowest BCUT2D eigenvalue weighted by molar-refractivity contribution is -0.140. The van der Waals surface area contributed by atoms with Crippen LogP contribution >= 0.6 is 15.9 Å². The maximum Gasteiger partial charge on any atom is 0.404 e. The average molecular weight is 544 g/mol. The fraction of sp³-hybridized carbons (Fsp3) is 0.273. The van der Waals surface area contributed by atoms with Gasteiger partial charge in [-0.2, -0.15) is 5.10 Å². The van der Waals surface area contributed by atoms with Gasteiger partial charge >= 0.3 is 6.09 Å². The van der Waals surface area contributed by atoms with Crippen molar-refractivity contribution in [2.45, 2.75) is 31.5 Å². The first kappa shape index (κ1) is 24.1. The molecule has 2 aromatic heterocycles. The fourth-order valence-electron chi connectivity index (χ4n) is 4.02. The Balaban J connectivity index is 1.53. The van der Waals surface area contributed by atoms with E-state index in [9.17, 15) is 19.2 Å². The van der Waals surface area contributed by atoms with E-state index in [1.54, 1.807) is 42.5 Å². The van der Waals surface area contributed by atoms with Crippen molar-refractivity contribution < 1.29 is 24.3 Å². The predicted octanol–water partition coefficient (Wildman–Crippen LogP) is 1.56. The molecule has 35 heavy (non-hydrogen) atoms. The van der Waals surface area contributed by atoms with Crippen LogP contribution in [0.2, 0.25) is 0 Å². The molecule has 1 saturated carbocycles. The van der Waals surface area contributed by atoms with E-state index in [4.69, 9.17) is 10.8 Å². The first-order chi connectivity index (χ1) is 16.7. The van der Waals surface area contributed by atoms with Crippen molar-refractivity contribution >= 4 is 56.5 Å². The number of anilines is 1. The Kier molecular flexibility index (Phi) is 6.96. The molecule has 2 heterocycles. The summed E-state index contributed by atoms with van der Waals surface area (Å²) in [7, 11) is 0. The van der Waals surface area contributed by atoms with Crippen LogP contribution in [0.3, 0.4) is 0 Å². The summed E-state index contributed by atoms with van der Waals surface area (Å²) in [6.45, 7) is -0.497. The van der Waals surface area contributed by atoms with Crippen LogP contribution in [0, 0.1) is 0 Å². The number of hydrogen-bond acceptors (Lipinski definition) is 6. The number of nitrogens with one attached hydrogen (secondary N) is 2. The third-order valence-corrected chi connectivity index (χ3v) is 6.12. The molecular formula is C22H22BrN7O5. The molecule has 3 aromatic rings. The van der Waals surface area contributed by atoms with Gasteiger partial charge in [-0.3, -0.25) is 19.1 Å². The van der Waals surface area contributed by atoms with E-state index in [0.29, 0.717) is 34.2 Å². The summed E-state index contributed by atoms with van der Waals surface area (Å²) in [4.78, 5) is 54.4. The van der Waals surface area contributed by atoms with Crippen LogP contribution in [0.5, 0.6) is 0 Å². The predicted molar refractivity (Wildman–Crippen MR) is 129 cm³/mol. The van der Waals surface area contributed by atoms with Crippen LogP contribution in [-0.4, -0.2) is 67.2 Å². The molecule has 0 saturated heterocycles. The normalized spacial score (nSPS) is 16.8. The highest BCUT2D eigenvalue weighted by Gasteiger charge is 2.38. The van der Waals surface area contributed by atoms with E-state index in [1.165, 1.54) is 9.58 Å². The Morgan fingerprint density at radius 2 is 1.89 bits per heavy atom. The Hall–Kier alpha value is -4.00. The molecule has 0 atom stereocenters. The molecule has 12 nitrogen and oxygen atoms in total. The molecule has 1 aliphatic carbocycles. The zero-order valence-electron chi connectivity index (χ0n) is 18.3.